The largest absolute Gasteiger partial charge is 0.508 e. The van der Waals surface area contributed by atoms with Crippen LogP contribution in [-0.4, -0.2) is 24.2 Å². The van der Waals surface area contributed by atoms with Crippen molar-refractivity contribution in [2.45, 2.75) is 71.1 Å². The van der Waals surface area contributed by atoms with E-state index in [0.717, 1.165) is 61.6 Å². The Morgan fingerprint density at radius 2 is 2.11 bits per heavy atom. The number of hydrogen-bond acceptors (Lipinski definition) is 3. The van der Waals surface area contributed by atoms with Gasteiger partial charge in [0.05, 0.1) is 6.54 Å². The molecule has 1 aromatic rings. The van der Waals surface area contributed by atoms with E-state index in [1.165, 1.54) is 37.7 Å². The van der Waals surface area contributed by atoms with Gasteiger partial charge in [0.25, 0.3) is 0 Å². The van der Waals surface area contributed by atoms with Gasteiger partial charge >= 0.3 is 0 Å². The molecule has 3 unspecified atom stereocenters. The summed E-state index contributed by atoms with van der Waals surface area (Å²) in [6.07, 6.45) is 9.78. The molecule has 0 radical (unpaired) electrons. The Morgan fingerprint density at radius 3 is 2.89 bits per heavy atom. The zero-order valence-electron chi connectivity index (χ0n) is 16.8. The van der Waals surface area contributed by atoms with E-state index in [1.54, 1.807) is 5.56 Å². The van der Waals surface area contributed by atoms with Gasteiger partial charge in [0.1, 0.15) is 12.4 Å². The van der Waals surface area contributed by atoms with Gasteiger partial charge in [0.15, 0.2) is 5.90 Å². The molecule has 1 heterocycles. The molecule has 5 atom stereocenters. The second-order valence-electron chi connectivity index (χ2n) is 9.60. The van der Waals surface area contributed by atoms with Gasteiger partial charge in [-0.3, -0.25) is 4.99 Å². The second kappa shape index (κ2) is 6.53. The molecule has 1 aromatic carbocycles. The van der Waals surface area contributed by atoms with Crippen LogP contribution < -0.4 is 0 Å². The molecule has 0 spiro atoms. The van der Waals surface area contributed by atoms with E-state index in [2.05, 4.69) is 31.0 Å². The summed E-state index contributed by atoms with van der Waals surface area (Å²) in [5.41, 5.74) is 4.56. The quantitative estimate of drug-likeness (QED) is 0.793. The van der Waals surface area contributed by atoms with Gasteiger partial charge < -0.3 is 9.84 Å². The lowest BCUT2D eigenvalue weighted by Crippen LogP contribution is -2.42. The lowest BCUT2D eigenvalue weighted by atomic mass is 9.54. The number of rotatable bonds is 3. The van der Waals surface area contributed by atoms with Gasteiger partial charge in [-0.15, -0.1) is 0 Å². The Bertz CT molecular complexity index is 770. The number of aliphatic imine (C=N–C) groups is 1. The summed E-state index contributed by atoms with van der Waals surface area (Å²) in [4.78, 5) is 4.58. The molecule has 0 bridgehead atoms. The third-order valence-corrected chi connectivity index (χ3v) is 8.57. The highest BCUT2D eigenvalue weighted by atomic mass is 16.5. The third-order valence-electron chi connectivity index (χ3n) is 8.57. The molecule has 5 rings (SSSR count). The minimum absolute atomic E-state index is 0.456. The lowest BCUT2D eigenvalue weighted by Gasteiger charge is -2.51. The summed E-state index contributed by atoms with van der Waals surface area (Å²) < 4.78 is 5.76. The zero-order valence-corrected chi connectivity index (χ0v) is 16.8. The van der Waals surface area contributed by atoms with E-state index in [0.29, 0.717) is 17.1 Å². The molecule has 2 fully saturated rings. The van der Waals surface area contributed by atoms with Gasteiger partial charge in [-0.05, 0) is 96.8 Å². The normalized spacial score (nSPS) is 37.2. The highest BCUT2D eigenvalue weighted by Crippen LogP contribution is 2.63. The van der Waals surface area contributed by atoms with Crippen LogP contribution in [0.3, 0.4) is 0 Å². The van der Waals surface area contributed by atoms with Gasteiger partial charge in [0.2, 0.25) is 0 Å². The highest BCUT2D eigenvalue weighted by Gasteiger charge is 2.54. The van der Waals surface area contributed by atoms with Crippen molar-refractivity contribution in [1.29, 1.82) is 0 Å². The van der Waals surface area contributed by atoms with Crippen LogP contribution in [0.25, 0.3) is 0 Å². The van der Waals surface area contributed by atoms with Crippen LogP contribution >= 0.6 is 0 Å². The predicted molar refractivity (Wildman–Crippen MR) is 108 cm³/mol. The third kappa shape index (κ3) is 2.72. The fraction of sp³-hybridized carbons (Fsp3) is 0.708. The molecule has 3 heteroatoms. The van der Waals surface area contributed by atoms with Crippen molar-refractivity contribution < 1.29 is 9.84 Å². The van der Waals surface area contributed by atoms with Crippen LogP contribution in [0.15, 0.2) is 17.1 Å². The van der Waals surface area contributed by atoms with Crippen LogP contribution in [0.1, 0.15) is 75.0 Å². The Hall–Kier alpha value is -1.51. The van der Waals surface area contributed by atoms with Crippen molar-refractivity contribution in [2.75, 3.05) is 13.2 Å². The topological polar surface area (TPSA) is 41.8 Å². The van der Waals surface area contributed by atoms with Crippen molar-refractivity contribution in [3.05, 3.63) is 28.8 Å². The second-order valence-corrected chi connectivity index (χ2v) is 9.60. The van der Waals surface area contributed by atoms with E-state index in [1.807, 2.05) is 0 Å². The predicted octanol–water partition coefficient (Wildman–Crippen LogP) is 5.25. The number of aryl methyl sites for hydroxylation is 2. The number of aromatic hydroxyl groups is 1. The first-order chi connectivity index (χ1) is 13.1. The summed E-state index contributed by atoms with van der Waals surface area (Å²) in [6, 6.07) is 4.42. The number of benzene rings is 1. The molecule has 146 valence electrons. The molecule has 1 N–H and O–H groups in total. The summed E-state index contributed by atoms with van der Waals surface area (Å²) in [7, 11) is 0. The lowest BCUT2D eigenvalue weighted by molar-refractivity contribution is 0.0291. The fourth-order valence-corrected chi connectivity index (χ4v) is 7.10. The van der Waals surface area contributed by atoms with E-state index >= 15 is 0 Å². The van der Waals surface area contributed by atoms with Gasteiger partial charge in [-0.1, -0.05) is 19.9 Å². The van der Waals surface area contributed by atoms with Crippen molar-refractivity contribution in [3.63, 3.8) is 0 Å². The SMILES string of the molecule is CCc1cc2c(cc1O)CCC1C2CC[C@@]2(C)C1CC[C@@H]2CC1=NCCO1. The van der Waals surface area contributed by atoms with Gasteiger partial charge in [-0.2, -0.15) is 0 Å². The highest BCUT2D eigenvalue weighted by molar-refractivity contribution is 5.77. The van der Waals surface area contributed by atoms with Gasteiger partial charge in [-0.25, -0.2) is 0 Å². The first-order valence-corrected chi connectivity index (χ1v) is 11.1. The molecule has 27 heavy (non-hydrogen) atoms. The molecule has 3 nitrogen and oxygen atoms in total. The van der Waals surface area contributed by atoms with E-state index < -0.39 is 0 Å². The molecule has 3 aliphatic carbocycles. The molecule has 0 saturated heterocycles. The van der Waals surface area contributed by atoms with E-state index in [-0.39, 0.29) is 0 Å². The first kappa shape index (κ1) is 17.6. The van der Waals surface area contributed by atoms with E-state index in [9.17, 15) is 5.11 Å². The monoisotopic (exact) mass is 367 g/mol. The molecule has 0 aromatic heterocycles. The van der Waals surface area contributed by atoms with Crippen molar-refractivity contribution >= 4 is 5.90 Å². The van der Waals surface area contributed by atoms with Crippen LogP contribution in [0, 0.1) is 23.2 Å². The number of nitrogens with zero attached hydrogens (tertiary/aromatic N) is 1. The number of fused-ring (bicyclic) bond motifs is 5. The number of hydrogen-bond donors (Lipinski definition) is 1. The van der Waals surface area contributed by atoms with Crippen LogP contribution in [0.2, 0.25) is 0 Å². The van der Waals surface area contributed by atoms with Crippen molar-refractivity contribution in [2.24, 2.45) is 28.2 Å². The molecule has 4 aliphatic rings. The minimum atomic E-state index is 0.456. The fourth-order valence-electron chi connectivity index (χ4n) is 7.10. The summed E-state index contributed by atoms with van der Waals surface area (Å²) in [5.74, 6) is 4.65. The van der Waals surface area contributed by atoms with Crippen LogP contribution in [0.5, 0.6) is 5.75 Å². The maximum absolute atomic E-state index is 10.3. The standard InChI is InChI=1S/C24H33NO2/c1-3-15-12-20-16(13-22(15)26)4-6-19-18(20)8-9-24(2)17(5-7-21(19)24)14-23-25-10-11-27-23/h12-13,17-19,21,26H,3-11,14H2,1-2H3/t17-,18?,19?,21?,24-/m1/s1. The molecule has 1 aliphatic heterocycles. The Kier molecular flexibility index (Phi) is 4.25. The maximum Gasteiger partial charge on any atom is 0.183 e. The van der Waals surface area contributed by atoms with Crippen molar-refractivity contribution in [3.8, 4) is 5.75 Å². The Balaban J connectivity index is 1.42. The van der Waals surface area contributed by atoms with Crippen molar-refractivity contribution in [1.82, 2.24) is 0 Å². The molecule has 2 saturated carbocycles. The molecular formula is C24H33NO2. The smallest absolute Gasteiger partial charge is 0.183 e. The minimum Gasteiger partial charge on any atom is -0.508 e. The number of ether oxygens (including phenoxy) is 1. The number of phenols is 1. The van der Waals surface area contributed by atoms with Crippen LogP contribution in [-0.2, 0) is 17.6 Å². The average molecular weight is 368 g/mol. The summed E-state index contributed by atoms with van der Waals surface area (Å²) in [5, 5.41) is 10.3. The van der Waals surface area contributed by atoms with Gasteiger partial charge in [0, 0.05) is 6.42 Å². The summed E-state index contributed by atoms with van der Waals surface area (Å²) >= 11 is 0. The maximum atomic E-state index is 10.3. The van der Waals surface area contributed by atoms with Crippen LogP contribution in [0.4, 0.5) is 0 Å². The zero-order chi connectivity index (χ0) is 18.6. The first-order valence-electron chi connectivity index (χ1n) is 11.1. The summed E-state index contributed by atoms with van der Waals surface area (Å²) in [6.45, 7) is 6.37. The van der Waals surface area contributed by atoms with E-state index in [4.69, 9.17) is 4.74 Å². The number of phenolic OH excluding ortho intramolecular Hbond substituents is 1. The average Bonchev–Trinajstić information content (AvgIpc) is 3.29. The Morgan fingerprint density at radius 1 is 1.22 bits per heavy atom. The molecular weight excluding hydrogens is 334 g/mol. The molecule has 0 amide bonds. The Labute approximate surface area is 163 Å².